The first-order valence-corrected chi connectivity index (χ1v) is 1.68. The van der Waals surface area contributed by atoms with Gasteiger partial charge in [-0.2, -0.15) is 9.90 Å². The van der Waals surface area contributed by atoms with E-state index < -0.39 is 19.1 Å². The van der Waals surface area contributed by atoms with Crippen LogP contribution in [0.1, 0.15) is 0 Å². The maximum atomic E-state index is 8.50. The molecule has 0 saturated carbocycles. The normalized spacial score (nSPS) is 2.00. The van der Waals surface area contributed by atoms with E-state index in [1.54, 1.807) is 0 Å². The third-order valence-electron chi connectivity index (χ3n) is 0. The van der Waals surface area contributed by atoms with E-state index in [0.29, 0.717) is 0 Å². The van der Waals surface area contributed by atoms with E-state index in [0.717, 1.165) is 0 Å². The van der Waals surface area contributed by atoms with Crippen LogP contribution in [0.25, 0.3) is 0 Å². The number of hydrogen-bond acceptors (Lipinski definition) is 2. The summed E-state index contributed by atoms with van der Waals surface area (Å²) in [5.74, 6) is 0. The molecule has 0 rings (SSSR count). The summed E-state index contributed by atoms with van der Waals surface area (Å²) in [6.07, 6.45) is 0. The van der Waals surface area contributed by atoms with Crippen LogP contribution < -0.4 is 0 Å². The van der Waals surface area contributed by atoms with Gasteiger partial charge in [-0.15, -0.1) is 0 Å². The predicted molar refractivity (Wildman–Crippen MR) is 12.5 cm³/mol. The Morgan fingerprint density at radius 3 is 1.25 bits per heavy atom. The van der Waals surface area contributed by atoms with Crippen molar-refractivity contribution >= 4 is 9.90 Å². The Balaban J connectivity index is 0. The molecular formula is H3O2PTi. The van der Waals surface area contributed by atoms with Crippen LogP contribution in [0.15, 0.2) is 0 Å². The van der Waals surface area contributed by atoms with E-state index in [4.69, 9.17) is 6.65 Å². The van der Waals surface area contributed by atoms with E-state index in [9.17, 15) is 0 Å². The first kappa shape index (κ1) is 8.83. The second kappa shape index (κ2) is 9.27. The van der Waals surface area contributed by atoms with Gasteiger partial charge in [0.15, 0.2) is 0 Å². The zero-order valence-corrected chi connectivity index (χ0v) is 5.00. The first-order valence-electron chi connectivity index (χ1n) is 0.408. The van der Waals surface area contributed by atoms with E-state index in [1.165, 1.54) is 0 Å². The molecule has 0 bridgehead atoms. The standard InChI is InChI=1S/2O.H3P.Ti/h;;1H3;. The van der Waals surface area contributed by atoms with E-state index in [-0.39, 0.29) is 9.90 Å². The monoisotopic (exact) mass is 114 g/mol. The van der Waals surface area contributed by atoms with Crippen molar-refractivity contribution in [2.24, 2.45) is 0 Å². The van der Waals surface area contributed by atoms with Crippen LogP contribution in [0.4, 0.5) is 0 Å². The molecule has 1 unspecified atom stereocenters. The summed E-state index contributed by atoms with van der Waals surface area (Å²) in [4.78, 5) is 0. The summed E-state index contributed by atoms with van der Waals surface area (Å²) in [6, 6.07) is 0. The Labute approximate surface area is 36.2 Å². The van der Waals surface area contributed by atoms with Crippen LogP contribution in [-0.4, -0.2) is 0 Å². The summed E-state index contributed by atoms with van der Waals surface area (Å²) in [7, 11) is 0. The topological polar surface area (TPSA) is 34.1 Å². The third-order valence-corrected chi connectivity index (χ3v) is 0. The molecule has 0 N–H and O–H groups in total. The quantitative estimate of drug-likeness (QED) is 0.323. The molecule has 0 aliphatic heterocycles. The fourth-order valence-electron chi connectivity index (χ4n) is 0. The van der Waals surface area contributed by atoms with Crippen molar-refractivity contribution in [3.63, 3.8) is 0 Å². The van der Waals surface area contributed by atoms with Gasteiger partial charge >= 0.3 is 25.7 Å². The van der Waals surface area contributed by atoms with Crippen LogP contribution in [0.2, 0.25) is 0 Å². The van der Waals surface area contributed by atoms with Gasteiger partial charge in [0, 0.05) is 0 Å². The van der Waals surface area contributed by atoms with Crippen molar-refractivity contribution in [3.8, 4) is 0 Å². The molecule has 0 aliphatic carbocycles. The van der Waals surface area contributed by atoms with Gasteiger partial charge in [-0.05, 0) is 0 Å². The fourth-order valence-corrected chi connectivity index (χ4v) is 0. The van der Waals surface area contributed by atoms with Gasteiger partial charge in [-0.1, -0.05) is 0 Å². The van der Waals surface area contributed by atoms with Crippen LogP contribution in [-0.2, 0) is 25.7 Å². The zero-order valence-electron chi connectivity index (χ0n) is 2.02. The average Bonchev–Trinajstić information content (AvgIpc) is 0.918. The van der Waals surface area contributed by atoms with E-state index in [1.807, 2.05) is 0 Å². The van der Waals surface area contributed by atoms with Crippen molar-refractivity contribution in [1.82, 2.24) is 0 Å². The number of hydrogen-bond donors (Lipinski definition) is 0. The molecule has 0 fully saturated rings. The molecule has 1 atom stereocenters. The van der Waals surface area contributed by atoms with Crippen molar-refractivity contribution < 1.29 is 25.7 Å². The summed E-state index contributed by atoms with van der Waals surface area (Å²) in [5.41, 5.74) is 0. The fraction of sp³-hybridized carbons (Fsp3) is 0. The Bertz CT molecular complexity index is 27.0. The average molecular weight is 114 g/mol. The molecule has 0 amide bonds. The summed E-state index contributed by atoms with van der Waals surface area (Å²) in [5, 5.41) is 0. The van der Waals surface area contributed by atoms with E-state index in [2.05, 4.69) is 0 Å². The molecule has 0 aliphatic rings. The van der Waals surface area contributed by atoms with Gasteiger partial charge in [0.1, 0.15) is 0 Å². The summed E-state index contributed by atoms with van der Waals surface area (Å²) < 4.78 is 17.0. The van der Waals surface area contributed by atoms with Crippen molar-refractivity contribution in [2.75, 3.05) is 0 Å². The molecule has 24 valence electrons. The maximum absolute atomic E-state index is 8.50. The Morgan fingerprint density at radius 2 is 1.25 bits per heavy atom. The molecule has 0 saturated heterocycles. The van der Waals surface area contributed by atoms with Crippen molar-refractivity contribution in [2.45, 2.75) is 0 Å². The predicted octanol–water partition coefficient (Wildman–Crippen LogP) is -0.182. The third kappa shape index (κ3) is 15.1. The van der Waals surface area contributed by atoms with Crippen molar-refractivity contribution in [1.29, 1.82) is 0 Å². The molecule has 0 radical (unpaired) electrons. The van der Waals surface area contributed by atoms with Gasteiger partial charge in [-0.3, -0.25) is 0 Å². The van der Waals surface area contributed by atoms with Crippen LogP contribution in [0.3, 0.4) is 0 Å². The molecule has 2 nitrogen and oxygen atoms in total. The van der Waals surface area contributed by atoms with Crippen LogP contribution >= 0.6 is 9.90 Å². The minimum absolute atomic E-state index is 0. The zero-order chi connectivity index (χ0) is 2.71. The van der Waals surface area contributed by atoms with Gasteiger partial charge in [-0.25, -0.2) is 0 Å². The van der Waals surface area contributed by atoms with Gasteiger partial charge in [0.05, 0.1) is 0 Å². The van der Waals surface area contributed by atoms with E-state index >= 15 is 0 Å². The first-order chi connectivity index (χ1) is 1.41. The molecule has 4 heavy (non-hydrogen) atoms. The second-order valence-corrected chi connectivity index (χ2v) is 0.344. The Hall–Kier alpha value is 0.744. The van der Waals surface area contributed by atoms with Crippen molar-refractivity contribution in [3.05, 3.63) is 0 Å². The second-order valence-electron chi connectivity index (χ2n) is 0.0833. The van der Waals surface area contributed by atoms with Gasteiger partial charge in [0.2, 0.25) is 0 Å². The molecule has 0 aromatic heterocycles. The molecule has 0 heterocycles. The Kier molecular flexibility index (Phi) is 20.5. The van der Waals surface area contributed by atoms with Crippen LogP contribution in [0.5, 0.6) is 0 Å². The molecule has 4 heteroatoms. The van der Waals surface area contributed by atoms with Crippen LogP contribution in [0, 0.1) is 0 Å². The molecule has 0 aromatic carbocycles. The molecular weight excluding hydrogens is 111 g/mol. The van der Waals surface area contributed by atoms with Gasteiger partial charge in [0.25, 0.3) is 0 Å². The molecule has 0 aromatic rings. The van der Waals surface area contributed by atoms with Gasteiger partial charge < -0.3 is 0 Å². The summed E-state index contributed by atoms with van der Waals surface area (Å²) in [6.45, 7) is 0. The number of rotatable bonds is 0. The Morgan fingerprint density at radius 1 is 1.25 bits per heavy atom. The SMILES string of the molecule is P.[O]=[Ti]=[O]. The minimum atomic E-state index is -2.00. The molecule has 0 spiro atoms. The summed E-state index contributed by atoms with van der Waals surface area (Å²) >= 11 is -2.00.